The molecule has 248 valence electrons. The number of hydrogen-bond donors (Lipinski definition) is 3. The highest BCUT2D eigenvalue weighted by Crippen LogP contribution is 2.28. The van der Waals surface area contributed by atoms with Gasteiger partial charge >= 0.3 is 0 Å². The Bertz CT molecular complexity index is 1380. The maximum absolute atomic E-state index is 14.4. The average Bonchev–Trinajstić information content (AvgIpc) is 3.48. The van der Waals surface area contributed by atoms with Crippen LogP contribution < -0.4 is 20.7 Å². The molecule has 0 aliphatic carbocycles. The second-order valence-electron chi connectivity index (χ2n) is 12.7. The second-order valence-corrected chi connectivity index (χ2v) is 12.7. The summed E-state index contributed by atoms with van der Waals surface area (Å²) in [7, 11) is 3.70. The molecule has 46 heavy (non-hydrogen) atoms. The predicted octanol–water partition coefficient (Wildman–Crippen LogP) is 3.37. The van der Waals surface area contributed by atoms with Crippen molar-refractivity contribution in [2.75, 3.05) is 20.6 Å². The van der Waals surface area contributed by atoms with E-state index in [2.05, 4.69) is 16.0 Å². The summed E-state index contributed by atoms with van der Waals surface area (Å²) in [6.45, 7) is 8.04. The van der Waals surface area contributed by atoms with Crippen molar-refractivity contribution in [1.82, 2.24) is 25.8 Å². The first-order valence-electron chi connectivity index (χ1n) is 16.4. The van der Waals surface area contributed by atoms with Crippen molar-refractivity contribution in [2.24, 2.45) is 11.8 Å². The van der Waals surface area contributed by atoms with Gasteiger partial charge in [0.15, 0.2) is 0 Å². The summed E-state index contributed by atoms with van der Waals surface area (Å²) in [6.07, 6.45) is 4.91. The molecule has 1 fully saturated rings. The summed E-state index contributed by atoms with van der Waals surface area (Å²) in [5.41, 5.74) is 1.89. The normalized spacial score (nSPS) is 22.5. The zero-order valence-corrected chi connectivity index (χ0v) is 27.9. The molecule has 10 heteroatoms. The van der Waals surface area contributed by atoms with Gasteiger partial charge in [-0.3, -0.25) is 24.1 Å². The van der Waals surface area contributed by atoms with Crippen molar-refractivity contribution >= 4 is 29.7 Å². The van der Waals surface area contributed by atoms with Crippen LogP contribution in [-0.4, -0.2) is 84.3 Å². The minimum absolute atomic E-state index is 0.159. The van der Waals surface area contributed by atoms with Crippen LogP contribution in [0.25, 0.3) is 6.08 Å². The van der Waals surface area contributed by atoms with E-state index < -0.39 is 36.2 Å². The monoisotopic (exact) mass is 631 g/mol. The van der Waals surface area contributed by atoms with Crippen molar-refractivity contribution in [3.63, 3.8) is 0 Å². The Hall–Kier alpha value is -4.18. The summed E-state index contributed by atoms with van der Waals surface area (Å²) in [4.78, 5) is 59.0. The Morgan fingerprint density at radius 3 is 2.33 bits per heavy atom. The lowest BCUT2D eigenvalue weighted by Gasteiger charge is -2.35. The molecule has 3 aliphatic rings. The molecule has 2 aromatic rings. The van der Waals surface area contributed by atoms with Gasteiger partial charge in [-0.2, -0.15) is 0 Å². The van der Waals surface area contributed by atoms with Gasteiger partial charge in [0.2, 0.25) is 23.6 Å². The molecule has 0 aromatic heterocycles. The lowest BCUT2D eigenvalue weighted by Crippen LogP contribution is -2.61. The molecular formula is C36H49N5O5. The molecule has 2 bridgehead atoms. The van der Waals surface area contributed by atoms with Gasteiger partial charge in [0.05, 0.1) is 6.04 Å². The molecule has 0 spiro atoms. The summed E-state index contributed by atoms with van der Waals surface area (Å²) in [6, 6.07) is 14.0. The number of likely N-dealkylation sites (tertiary alicyclic amines) is 1. The third-order valence-corrected chi connectivity index (χ3v) is 9.33. The van der Waals surface area contributed by atoms with Crippen LogP contribution in [-0.2, 0) is 25.6 Å². The van der Waals surface area contributed by atoms with Gasteiger partial charge in [-0.1, -0.05) is 83.0 Å². The van der Waals surface area contributed by atoms with E-state index in [9.17, 15) is 19.2 Å². The van der Waals surface area contributed by atoms with E-state index in [-0.39, 0.29) is 36.1 Å². The molecule has 3 aliphatic heterocycles. The average molecular weight is 632 g/mol. The molecular weight excluding hydrogens is 582 g/mol. The first-order chi connectivity index (χ1) is 22.0. The molecule has 7 atom stereocenters. The van der Waals surface area contributed by atoms with Crippen LogP contribution in [0.5, 0.6) is 5.75 Å². The third-order valence-electron chi connectivity index (χ3n) is 9.33. The second kappa shape index (κ2) is 15.9. The standard InChI is InChI=1S/C36H49N5O5/c1-7-23(3)30-34(43)37-20-18-25-14-16-27(17-15-25)46-29-19-21-41(32(29)35(44)38-30)36(45)31(24(4)8-2)39-33(42)28(40(5)6)22-26-12-10-9-11-13-26/h9-18,20,23-24,28-32H,7-8,19,21-22H2,1-6H3,(H,37,43)(H,38,44)(H,39,42)/t23-,24-,28-,29+,30-,31-,32-/m0/s1. The van der Waals surface area contributed by atoms with E-state index in [1.165, 1.54) is 4.90 Å². The number of amides is 4. The molecule has 4 amide bonds. The number of fused-ring (bicyclic) bond motifs is 7. The highest BCUT2D eigenvalue weighted by Gasteiger charge is 2.47. The number of carbonyl (C=O) groups is 4. The summed E-state index contributed by atoms with van der Waals surface area (Å²) in [5.74, 6) is -1.16. The van der Waals surface area contributed by atoms with Crippen molar-refractivity contribution in [3.8, 4) is 5.75 Å². The van der Waals surface area contributed by atoms with Crippen LogP contribution in [0.1, 0.15) is 58.1 Å². The molecule has 10 nitrogen and oxygen atoms in total. The van der Waals surface area contributed by atoms with Gasteiger partial charge in [-0.25, -0.2) is 0 Å². The third kappa shape index (κ3) is 8.34. The zero-order valence-electron chi connectivity index (χ0n) is 27.9. The number of hydrogen-bond acceptors (Lipinski definition) is 6. The number of carbonyl (C=O) groups excluding carboxylic acids is 4. The molecule has 3 N–H and O–H groups in total. The number of nitrogens with one attached hydrogen (secondary N) is 3. The Morgan fingerprint density at radius 2 is 1.70 bits per heavy atom. The highest BCUT2D eigenvalue weighted by molar-refractivity contribution is 5.96. The molecule has 3 heterocycles. The first-order valence-corrected chi connectivity index (χ1v) is 16.4. The molecule has 1 saturated heterocycles. The lowest BCUT2D eigenvalue weighted by atomic mass is 9.95. The minimum atomic E-state index is -0.998. The fourth-order valence-corrected chi connectivity index (χ4v) is 5.99. The van der Waals surface area contributed by atoms with E-state index in [0.29, 0.717) is 31.4 Å². The van der Waals surface area contributed by atoms with Crippen molar-refractivity contribution in [1.29, 1.82) is 0 Å². The quantitative estimate of drug-likeness (QED) is 0.370. The maximum atomic E-state index is 14.4. The van der Waals surface area contributed by atoms with Crippen molar-refractivity contribution in [2.45, 2.75) is 83.6 Å². The molecule has 5 rings (SSSR count). The van der Waals surface area contributed by atoms with Crippen LogP contribution in [0, 0.1) is 11.8 Å². The number of benzene rings is 2. The van der Waals surface area contributed by atoms with Crippen LogP contribution in [0.3, 0.4) is 0 Å². The van der Waals surface area contributed by atoms with Crippen LogP contribution >= 0.6 is 0 Å². The molecule has 0 radical (unpaired) electrons. The van der Waals surface area contributed by atoms with Crippen LogP contribution in [0.15, 0.2) is 60.8 Å². The number of nitrogens with zero attached hydrogens (tertiary/aromatic N) is 2. The lowest BCUT2D eigenvalue weighted by molar-refractivity contribution is -0.145. The molecule has 2 aromatic carbocycles. The van der Waals surface area contributed by atoms with E-state index in [4.69, 9.17) is 4.74 Å². The fourth-order valence-electron chi connectivity index (χ4n) is 5.99. The highest BCUT2D eigenvalue weighted by atomic mass is 16.5. The fraction of sp³-hybridized carbons (Fsp3) is 0.500. The van der Waals surface area contributed by atoms with Crippen molar-refractivity contribution in [3.05, 3.63) is 71.9 Å². The van der Waals surface area contributed by atoms with E-state index >= 15 is 0 Å². The van der Waals surface area contributed by atoms with Crippen LogP contribution in [0.4, 0.5) is 0 Å². The summed E-state index contributed by atoms with van der Waals surface area (Å²) in [5, 5.41) is 8.82. The largest absolute Gasteiger partial charge is 0.488 e. The molecule has 0 saturated carbocycles. The Balaban J connectivity index is 1.64. The SMILES string of the molecule is CC[C@H](C)[C@@H]1NC(=O)[C@@H]2[C@@H](CCN2C(=O)[C@@H](NC(=O)[C@H](Cc2ccccc2)N(C)C)[C@@H](C)CC)Oc2ccc(cc2)C=CNC1=O. The van der Waals surface area contributed by atoms with Gasteiger partial charge in [0.25, 0.3) is 0 Å². The Morgan fingerprint density at radius 1 is 1.00 bits per heavy atom. The van der Waals surface area contributed by atoms with Gasteiger partial charge in [0, 0.05) is 19.2 Å². The topological polar surface area (TPSA) is 120 Å². The number of ether oxygens (including phenoxy) is 1. The Labute approximate surface area is 272 Å². The first kappa shape index (κ1) is 34.7. The van der Waals surface area contributed by atoms with Gasteiger partial charge in [0.1, 0.15) is 30.0 Å². The maximum Gasteiger partial charge on any atom is 0.247 e. The number of likely N-dealkylation sites (N-methyl/N-ethyl adjacent to an activating group) is 1. The Kier molecular flexibility index (Phi) is 12.0. The van der Waals surface area contributed by atoms with Gasteiger partial charge in [-0.15, -0.1) is 0 Å². The zero-order chi connectivity index (χ0) is 33.4. The van der Waals surface area contributed by atoms with E-state index in [1.54, 1.807) is 12.3 Å². The van der Waals surface area contributed by atoms with Crippen LogP contribution in [0.2, 0.25) is 0 Å². The van der Waals surface area contributed by atoms with E-state index in [0.717, 1.165) is 11.1 Å². The summed E-state index contributed by atoms with van der Waals surface area (Å²) >= 11 is 0. The molecule has 0 unspecified atom stereocenters. The smallest absolute Gasteiger partial charge is 0.247 e. The van der Waals surface area contributed by atoms with Crippen molar-refractivity contribution < 1.29 is 23.9 Å². The number of rotatable bonds is 10. The van der Waals surface area contributed by atoms with E-state index in [1.807, 2.05) is 101 Å². The van der Waals surface area contributed by atoms with Gasteiger partial charge < -0.3 is 25.6 Å². The summed E-state index contributed by atoms with van der Waals surface area (Å²) < 4.78 is 6.35. The van der Waals surface area contributed by atoms with Gasteiger partial charge in [-0.05, 0) is 61.7 Å². The predicted molar refractivity (Wildman–Crippen MR) is 179 cm³/mol. The minimum Gasteiger partial charge on any atom is -0.488 e.